The van der Waals surface area contributed by atoms with Gasteiger partial charge >= 0.3 is 12.3 Å². The summed E-state index contributed by atoms with van der Waals surface area (Å²) in [5.41, 5.74) is -1.04. The molecule has 0 spiro atoms. The molecule has 0 aliphatic rings. The van der Waals surface area contributed by atoms with Crippen molar-refractivity contribution >= 4 is 0 Å². The van der Waals surface area contributed by atoms with Gasteiger partial charge in [-0.1, -0.05) is 0 Å². The van der Waals surface area contributed by atoms with Gasteiger partial charge in [0.1, 0.15) is 12.7 Å². The second-order valence-corrected chi connectivity index (χ2v) is 2.76. The Bertz CT molecular complexity index is 414. The zero-order chi connectivity index (χ0) is 12.4. The summed E-state index contributed by atoms with van der Waals surface area (Å²) in [5.74, 6) is 0. The van der Waals surface area contributed by atoms with Gasteiger partial charge in [0.2, 0.25) is 0 Å². The molecule has 0 amide bonds. The number of alkyl halides is 5. The molecule has 0 aliphatic heterocycles. The Balaban J connectivity index is 2.81. The molecule has 0 radical (unpaired) electrons. The fourth-order valence-electron chi connectivity index (χ4n) is 0.814. The predicted molar refractivity (Wildman–Crippen MR) is 40.7 cm³/mol. The van der Waals surface area contributed by atoms with Gasteiger partial charge in [-0.3, -0.25) is 4.79 Å². The molecule has 0 aliphatic carbocycles. The van der Waals surface area contributed by atoms with Crippen molar-refractivity contribution in [3.63, 3.8) is 0 Å². The van der Waals surface area contributed by atoms with Crippen LogP contribution in [0.15, 0.2) is 23.4 Å². The molecule has 0 bridgehead atoms. The van der Waals surface area contributed by atoms with Crippen LogP contribution >= 0.6 is 0 Å². The summed E-state index contributed by atoms with van der Waals surface area (Å²) in [6, 6.07) is 0.768. The topological polar surface area (TPSA) is 44.1 Å². The van der Waals surface area contributed by atoms with E-state index >= 15 is 0 Å². The van der Waals surface area contributed by atoms with E-state index in [1.165, 1.54) is 0 Å². The molecule has 9 heteroatoms. The fraction of sp³-hybridized carbons (Fsp3) is 0.429. The quantitative estimate of drug-likeness (QED) is 0.751. The van der Waals surface area contributed by atoms with Crippen LogP contribution in [0, 0.1) is 0 Å². The average Bonchev–Trinajstić information content (AvgIpc) is 2.04. The molecule has 1 aromatic heterocycles. The maximum absolute atomic E-state index is 12.7. The van der Waals surface area contributed by atoms with Crippen LogP contribution in [0.1, 0.15) is 6.42 Å². The van der Waals surface area contributed by atoms with Crippen LogP contribution in [0.4, 0.5) is 22.0 Å². The second-order valence-electron chi connectivity index (χ2n) is 2.76. The third-order valence-electron chi connectivity index (χ3n) is 1.33. The third kappa shape index (κ3) is 3.83. The lowest BCUT2D eigenvalue weighted by atomic mass is 10.4. The minimum Gasteiger partial charge on any atom is -0.336 e. The van der Waals surface area contributed by atoms with Crippen LogP contribution in [0.3, 0.4) is 0 Å². The lowest BCUT2D eigenvalue weighted by Crippen LogP contribution is -2.40. The summed E-state index contributed by atoms with van der Waals surface area (Å²) < 4.78 is 60.3. The van der Waals surface area contributed by atoms with Crippen LogP contribution in [0.25, 0.3) is 0 Å². The summed E-state index contributed by atoms with van der Waals surface area (Å²) in [6.07, 6.45) is -10.6. The summed E-state index contributed by atoms with van der Waals surface area (Å²) in [6.45, 7) is 0. The Morgan fingerprint density at radius 3 is 2.44 bits per heavy atom. The maximum Gasteiger partial charge on any atom is 0.424 e. The van der Waals surface area contributed by atoms with Gasteiger partial charge in [-0.25, -0.2) is 4.98 Å². The molecule has 0 N–H and O–H groups in total. The Kier molecular flexibility index (Phi) is 3.15. The summed E-state index contributed by atoms with van der Waals surface area (Å²) in [7, 11) is 0. The van der Waals surface area contributed by atoms with Gasteiger partial charge in [0.25, 0.3) is 5.56 Å². The highest BCUT2D eigenvalue weighted by molar-refractivity contribution is 4.80. The van der Waals surface area contributed by atoms with Gasteiger partial charge in [0.15, 0.2) is 0 Å². The molecular formula is C7H5F5N2O2. The number of hydrogen-bond acceptors (Lipinski definition) is 3. The zero-order valence-corrected chi connectivity index (χ0v) is 7.54. The number of hydrogen-bond donors (Lipinski definition) is 0. The molecule has 0 saturated heterocycles. The summed E-state index contributed by atoms with van der Waals surface area (Å²) in [5, 5.41) is 0. The summed E-state index contributed by atoms with van der Waals surface area (Å²) in [4.78, 5) is 17.7. The first-order valence-corrected chi connectivity index (χ1v) is 3.86. The van der Waals surface area contributed by atoms with E-state index in [4.69, 9.17) is 0 Å². The van der Waals surface area contributed by atoms with Crippen LogP contribution in [0.5, 0.6) is 0 Å². The van der Waals surface area contributed by atoms with Crippen LogP contribution in [0.2, 0.25) is 0 Å². The number of halogens is 5. The van der Waals surface area contributed by atoms with E-state index in [1.54, 1.807) is 0 Å². The van der Waals surface area contributed by atoms with Crippen molar-refractivity contribution in [2.75, 3.05) is 0 Å². The van der Waals surface area contributed by atoms with E-state index in [0.717, 1.165) is 12.3 Å². The van der Waals surface area contributed by atoms with Crippen LogP contribution in [-0.2, 0) is 0 Å². The van der Waals surface area contributed by atoms with Crippen LogP contribution < -0.4 is 10.4 Å². The molecule has 1 aromatic rings. The lowest BCUT2D eigenvalue weighted by molar-refractivity contribution is -0.293. The van der Waals surface area contributed by atoms with E-state index < -0.39 is 24.3 Å². The van der Waals surface area contributed by atoms with Crippen molar-refractivity contribution in [3.05, 3.63) is 28.9 Å². The average molecular weight is 244 g/mol. The molecule has 90 valence electrons. The fourth-order valence-corrected chi connectivity index (χ4v) is 0.814. The monoisotopic (exact) mass is 244 g/mol. The van der Waals surface area contributed by atoms with Crippen molar-refractivity contribution in [1.29, 1.82) is 0 Å². The number of nitrogens with zero attached hydrogens (tertiary/aromatic N) is 2. The largest absolute Gasteiger partial charge is 0.424 e. The molecular weight excluding hydrogens is 239 g/mol. The van der Waals surface area contributed by atoms with Crippen molar-refractivity contribution in [3.8, 4) is 0 Å². The highest BCUT2D eigenvalue weighted by Gasteiger charge is 2.46. The molecule has 0 fully saturated rings. The molecule has 0 atom stereocenters. The molecule has 0 aromatic carbocycles. The van der Waals surface area contributed by atoms with E-state index in [1.807, 2.05) is 0 Å². The van der Waals surface area contributed by atoms with Gasteiger partial charge in [-0.2, -0.15) is 22.0 Å². The Labute approximate surface area is 85.2 Å². The lowest BCUT2D eigenvalue weighted by Gasteiger charge is -2.18. The predicted octanol–water partition coefficient (Wildman–Crippen LogP) is 1.22. The molecule has 1 heterocycles. The van der Waals surface area contributed by atoms with E-state index in [-0.39, 0.29) is 4.73 Å². The van der Waals surface area contributed by atoms with Gasteiger partial charge in [-0.05, 0) is 0 Å². The first-order valence-electron chi connectivity index (χ1n) is 3.86. The van der Waals surface area contributed by atoms with Crippen molar-refractivity contribution in [2.24, 2.45) is 0 Å². The first-order chi connectivity index (χ1) is 7.20. The highest BCUT2D eigenvalue weighted by atomic mass is 19.4. The smallest absolute Gasteiger partial charge is 0.336 e. The summed E-state index contributed by atoms with van der Waals surface area (Å²) >= 11 is 0. The molecule has 0 saturated carbocycles. The van der Waals surface area contributed by atoms with Crippen molar-refractivity contribution in [2.45, 2.75) is 18.7 Å². The van der Waals surface area contributed by atoms with Gasteiger partial charge in [-0.15, -0.1) is 4.73 Å². The van der Waals surface area contributed by atoms with Crippen molar-refractivity contribution < 1.29 is 26.8 Å². The third-order valence-corrected chi connectivity index (χ3v) is 1.33. The molecule has 0 unspecified atom stereocenters. The number of aromatic nitrogens is 2. The second kappa shape index (κ2) is 4.06. The SMILES string of the molecule is O=c1ccncn1OC(F)(F)CC(F)(F)F. The van der Waals surface area contributed by atoms with Gasteiger partial charge < -0.3 is 4.84 Å². The molecule has 16 heavy (non-hydrogen) atoms. The number of rotatable bonds is 3. The van der Waals surface area contributed by atoms with E-state index in [9.17, 15) is 26.7 Å². The normalized spacial score (nSPS) is 12.6. The van der Waals surface area contributed by atoms with Crippen molar-refractivity contribution in [1.82, 2.24) is 9.71 Å². The maximum atomic E-state index is 12.7. The van der Waals surface area contributed by atoms with Gasteiger partial charge in [0.05, 0.1) is 0 Å². The molecule has 4 nitrogen and oxygen atoms in total. The minimum absolute atomic E-state index is 0.0638. The Morgan fingerprint density at radius 2 is 1.94 bits per heavy atom. The zero-order valence-electron chi connectivity index (χ0n) is 7.54. The minimum atomic E-state index is -5.10. The van der Waals surface area contributed by atoms with Crippen LogP contribution in [-0.4, -0.2) is 22.0 Å². The first kappa shape index (κ1) is 12.4. The Morgan fingerprint density at radius 1 is 1.31 bits per heavy atom. The highest BCUT2D eigenvalue weighted by Crippen LogP contribution is 2.30. The van der Waals surface area contributed by atoms with E-state index in [2.05, 4.69) is 9.82 Å². The molecule has 1 rings (SSSR count). The Hall–Kier alpha value is -1.67. The van der Waals surface area contributed by atoms with Gasteiger partial charge in [0, 0.05) is 12.3 Å². The standard InChI is InChI=1S/C7H5F5N2O2/c8-6(9,10)3-7(11,12)16-14-4-13-2-1-5(14)15/h1-2,4H,3H2. The van der Waals surface area contributed by atoms with E-state index in [0.29, 0.717) is 6.33 Å².